The number of ether oxygens (including phenoxy) is 1. The Hall–Kier alpha value is -3.15. The number of aliphatic carboxylic acids is 1. The van der Waals surface area contributed by atoms with Gasteiger partial charge in [-0.3, -0.25) is 14.5 Å². The lowest BCUT2D eigenvalue weighted by atomic mass is 10.0. The molecule has 134 valence electrons. The molecular weight excluding hydrogens is 334 g/mol. The molecule has 1 aliphatic heterocycles. The number of hydrogen-bond acceptors (Lipinski definition) is 5. The summed E-state index contributed by atoms with van der Waals surface area (Å²) in [6.45, 7) is 3.79. The molecular formula is C20H18NO5-. The van der Waals surface area contributed by atoms with Gasteiger partial charge in [-0.1, -0.05) is 24.3 Å². The summed E-state index contributed by atoms with van der Waals surface area (Å²) < 4.78 is 5.57. The van der Waals surface area contributed by atoms with Crippen LogP contribution in [0, 0.1) is 0 Å². The highest BCUT2D eigenvalue weighted by atomic mass is 16.5. The molecule has 3 rings (SSSR count). The van der Waals surface area contributed by atoms with Crippen molar-refractivity contribution in [3.8, 4) is 5.75 Å². The number of rotatable bonds is 6. The van der Waals surface area contributed by atoms with E-state index in [9.17, 15) is 19.5 Å². The maximum Gasteiger partial charge on any atom is 0.262 e. The average Bonchev–Trinajstić information content (AvgIpc) is 2.85. The average molecular weight is 352 g/mol. The first-order valence-electron chi connectivity index (χ1n) is 8.32. The van der Waals surface area contributed by atoms with E-state index in [0.717, 1.165) is 4.90 Å². The molecule has 2 aromatic carbocycles. The van der Waals surface area contributed by atoms with E-state index < -0.39 is 30.2 Å². The van der Waals surface area contributed by atoms with Gasteiger partial charge in [0.25, 0.3) is 11.8 Å². The van der Waals surface area contributed by atoms with Crippen molar-refractivity contribution < 1.29 is 24.2 Å². The summed E-state index contributed by atoms with van der Waals surface area (Å²) >= 11 is 0. The van der Waals surface area contributed by atoms with E-state index in [1.165, 1.54) is 0 Å². The molecule has 1 heterocycles. The first-order chi connectivity index (χ1) is 12.4. The number of carbonyl (C=O) groups is 3. The molecule has 0 saturated heterocycles. The molecule has 1 atom stereocenters. The summed E-state index contributed by atoms with van der Waals surface area (Å²) in [7, 11) is 0. The summed E-state index contributed by atoms with van der Waals surface area (Å²) in [5, 5.41) is 11.3. The van der Waals surface area contributed by atoms with Crippen molar-refractivity contribution in [1.82, 2.24) is 4.90 Å². The van der Waals surface area contributed by atoms with E-state index in [0.29, 0.717) is 11.3 Å². The van der Waals surface area contributed by atoms with Crippen molar-refractivity contribution in [2.75, 3.05) is 0 Å². The van der Waals surface area contributed by atoms with Gasteiger partial charge in [0, 0.05) is 12.4 Å². The van der Waals surface area contributed by atoms with E-state index >= 15 is 0 Å². The number of hydrogen-bond donors (Lipinski definition) is 0. The van der Waals surface area contributed by atoms with Gasteiger partial charge < -0.3 is 14.6 Å². The molecule has 0 saturated carbocycles. The molecule has 0 aliphatic carbocycles. The zero-order chi connectivity index (χ0) is 18.8. The van der Waals surface area contributed by atoms with Gasteiger partial charge in [0.2, 0.25) is 0 Å². The smallest absolute Gasteiger partial charge is 0.262 e. The number of carboxylic acid groups (broad SMARTS) is 1. The lowest BCUT2D eigenvalue weighted by Crippen LogP contribution is -2.38. The minimum Gasteiger partial charge on any atom is -0.550 e. The van der Waals surface area contributed by atoms with Crippen LogP contribution < -0.4 is 9.84 Å². The van der Waals surface area contributed by atoms with Crippen LogP contribution in [-0.4, -0.2) is 28.8 Å². The second kappa shape index (κ2) is 7.00. The zero-order valence-corrected chi connectivity index (χ0v) is 14.5. The lowest BCUT2D eigenvalue weighted by Gasteiger charge is -2.27. The Morgan fingerprint density at radius 2 is 1.54 bits per heavy atom. The van der Waals surface area contributed by atoms with Crippen molar-refractivity contribution in [2.45, 2.75) is 32.4 Å². The highest BCUT2D eigenvalue weighted by Gasteiger charge is 2.40. The van der Waals surface area contributed by atoms with E-state index in [1.54, 1.807) is 48.5 Å². The molecule has 2 aromatic rings. The highest BCUT2D eigenvalue weighted by molar-refractivity contribution is 6.21. The maximum atomic E-state index is 12.7. The fraction of sp³-hybridized carbons (Fsp3) is 0.250. The van der Waals surface area contributed by atoms with Crippen LogP contribution >= 0.6 is 0 Å². The number of amides is 2. The number of fused-ring (bicyclic) bond motifs is 1. The quantitative estimate of drug-likeness (QED) is 0.742. The number of carboxylic acids is 1. The molecule has 0 fully saturated rings. The van der Waals surface area contributed by atoms with Gasteiger partial charge in [-0.15, -0.1) is 0 Å². The molecule has 0 spiro atoms. The molecule has 6 nitrogen and oxygen atoms in total. The summed E-state index contributed by atoms with van der Waals surface area (Å²) in [6, 6.07) is 12.2. The van der Waals surface area contributed by atoms with Crippen molar-refractivity contribution in [2.24, 2.45) is 0 Å². The first kappa shape index (κ1) is 17.7. The van der Waals surface area contributed by atoms with Gasteiger partial charge in [0.15, 0.2) is 0 Å². The van der Waals surface area contributed by atoms with Crippen LogP contribution in [0.15, 0.2) is 48.5 Å². The summed E-state index contributed by atoms with van der Waals surface area (Å²) in [4.78, 5) is 37.6. The van der Waals surface area contributed by atoms with Gasteiger partial charge in [-0.2, -0.15) is 0 Å². The summed E-state index contributed by atoms with van der Waals surface area (Å²) in [5.41, 5.74) is 1.08. The Kier molecular flexibility index (Phi) is 4.75. The largest absolute Gasteiger partial charge is 0.550 e. The van der Waals surface area contributed by atoms with Crippen LogP contribution in [0.2, 0.25) is 0 Å². The molecule has 0 unspecified atom stereocenters. The Balaban J connectivity index is 1.96. The number of imide groups is 1. The third-order valence-electron chi connectivity index (χ3n) is 4.13. The van der Waals surface area contributed by atoms with E-state index in [1.807, 2.05) is 13.8 Å². The highest BCUT2D eigenvalue weighted by Crippen LogP contribution is 2.34. The second-order valence-electron chi connectivity index (χ2n) is 6.35. The monoisotopic (exact) mass is 352 g/mol. The van der Waals surface area contributed by atoms with Crippen molar-refractivity contribution >= 4 is 17.8 Å². The number of nitrogens with zero attached hydrogens (tertiary/aromatic N) is 1. The zero-order valence-electron chi connectivity index (χ0n) is 14.5. The van der Waals surface area contributed by atoms with E-state index in [2.05, 4.69) is 0 Å². The van der Waals surface area contributed by atoms with Gasteiger partial charge in [-0.05, 0) is 43.7 Å². The normalized spacial score (nSPS) is 14.5. The van der Waals surface area contributed by atoms with Gasteiger partial charge in [0.05, 0.1) is 23.3 Å². The molecule has 6 heteroatoms. The predicted molar refractivity (Wildman–Crippen MR) is 91.5 cm³/mol. The third kappa shape index (κ3) is 3.31. The van der Waals surface area contributed by atoms with Crippen LogP contribution in [0.3, 0.4) is 0 Å². The molecule has 1 aliphatic rings. The predicted octanol–water partition coefficient (Wildman–Crippen LogP) is 1.95. The van der Waals surface area contributed by atoms with Crippen molar-refractivity contribution in [3.05, 3.63) is 65.2 Å². The molecule has 2 amide bonds. The van der Waals surface area contributed by atoms with Gasteiger partial charge >= 0.3 is 0 Å². The molecule has 0 bridgehead atoms. The van der Waals surface area contributed by atoms with Crippen LogP contribution in [0.5, 0.6) is 5.75 Å². The van der Waals surface area contributed by atoms with Crippen LogP contribution in [0.4, 0.5) is 0 Å². The number of benzene rings is 2. The molecule has 0 radical (unpaired) electrons. The SMILES string of the molecule is CC(C)Oc1ccc([C@H](CC(=O)[O-])N2C(=O)c3ccccc3C2=O)cc1. The topological polar surface area (TPSA) is 86.7 Å². The Bertz CT molecular complexity index is 822. The van der Waals surface area contributed by atoms with Crippen molar-refractivity contribution in [3.63, 3.8) is 0 Å². The summed E-state index contributed by atoms with van der Waals surface area (Å²) in [5.74, 6) is -1.72. The van der Waals surface area contributed by atoms with Gasteiger partial charge in [0.1, 0.15) is 5.75 Å². The Morgan fingerprint density at radius 3 is 2.00 bits per heavy atom. The molecule has 26 heavy (non-hydrogen) atoms. The Labute approximate surface area is 151 Å². The fourth-order valence-corrected chi connectivity index (χ4v) is 3.05. The summed E-state index contributed by atoms with van der Waals surface area (Å²) in [6.07, 6.45) is -0.480. The van der Waals surface area contributed by atoms with Crippen molar-refractivity contribution in [1.29, 1.82) is 0 Å². The van der Waals surface area contributed by atoms with Crippen LogP contribution in [0.25, 0.3) is 0 Å². The fourth-order valence-electron chi connectivity index (χ4n) is 3.05. The Morgan fingerprint density at radius 1 is 1.00 bits per heavy atom. The standard InChI is InChI=1S/C20H19NO5/c1-12(2)26-14-9-7-13(8-10-14)17(11-18(22)23)21-19(24)15-5-3-4-6-16(15)20(21)25/h3-10,12,17H,11H2,1-2H3,(H,22,23)/p-1/t17-/m0/s1. The van der Waals surface area contributed by atoms with Crippen LogP contribution in [-0.2, 0) is 4.79 Å². The second-order valence-corrected chi connectivity index (χ2v) is 6.35. The maximum absolute atomic E-state index is 12.7. The van der Waals surface area contributed by atoms with Crippen LogP contribution in [0.1, 0.15) is 52.6 Å². The third-order valence-corrected chi connectivity index (χ3v) is 4.13. The number of carbonyl (C=O) groups excluding carboxylic acids is 3. The minimum absolute atomic E-state index is 0.00361. The minimum atomic E-state index is -1.34. The first-order valence-corrected chi connectivity index (χ1v) is 8.32. The lowest BCUT2D eigenvalue weighted by molar-refractivity contribution is -0.306. The molecule has 0 aromatic heterocycles. The van der Waals surface area contributed by atoms with E-state index in [4.69, 9.17) is 4.74 Å². The molecule has 0 N–H and O–H groups in total. The van der Waals surface area contributed by atoms with E-state index in [-0.39, 0.29) is 17.2 Å². The van der Waals surface area contributed by atoms with Gasteiger partial charge in [-0.25, -0.2) is 0 Å².